The van der Waals surface area contributed by atoms with Crippen LogP contribution in [0.25, 0.3) is 0 Å². The molecule has 1 aliphatic carbocycles. The van der Waals surface area contributed by atoms with Crippen LogP contribution in [0.5, 0.6) is 0 Å². The predicted molar refractivity (Wildman–Crippen MR) is 59.7 cm³/mol. The summed E-state index contributed by atoms with van der Waals surface area (Å²) in [5.74, 6) is 0. The highest BCUT2D eigenvalue weighted by Crippen LogP contribution is 2.27. The van der Waals surface area contributed by atoms with Gasteiger partial charge in [-0.2, -0.15) is 0 Å². The molecular formula is C13H20. The summed E-state index contributed by atoms with van der Waals surface area (Å²) < 4.78 is 0. The molecule has 0 bridgehead atoms. The Balaban J connectivity index is 2.87. The van der Waals surface area contributed by atoms with Gasteiger partial charge in [0.25, 0.3) is 0 Å². The zero-order valence-electron chi connectivity index (χ0n) is 9.11. The van der Waals surface area contributed by atoms with Gasteiger partial charge in [0.05, 0.1) is 0 Å². The summed E-state index contributed by atoms with van der Waals surface area (Å²) in [6.45, 7) is 10.7. The zero-order chi connectivity index (χ0) is 9.84. The second-order valence-corrected chi connectivity index (χ2v) is 4.31. The van der Waals surface area contributed by atoms with E-state index < -0.39 is 0 Å². The van der Waals surface area contributed by atoms with Gasteiger partial charge in [0.2, 0.25) is 0 Å². The minimum atomic E-state index is 1.09. The Morgan fingerprint density at radius 2 is 2.00 bits per heavy atom. The van der Waals surface area contributed by atoms with Gasteiger partial charge in [-0.25, -0.2) is 0 Å². The summed E-state index contributed by atoms with van der Waals surface area (Å²) in [7, 11) is 0. The fourth-order valence-electron chi connectivity index (χ4n) is 1.80. The van der Waals surface area contributed by atoms with Crippen molar-refractivity contribution in [2.75, 3.05) is 0 Å². The smallest absolute Gasteiger partial charge is 0.00704 e. The summed E-state index contributed by atoms with van der Waals surface area (Å²) in [4.78, 5) is 0. The minimum absolute atomic E-state index is 1.09. The highest BCUT2D eigenvalue weighted by atomic mass is 14.1. The summed E-state index contributed by atoms with van der Waals surface area (Å²) in [5, 5.41) is 0. The molecule has 0 spiro atoms. The highest BCUT2D eigenvalue weighted by molar-refractivity contribution is 5.32. The van der Waals surface area contributed by atoms with Crippen LogP contribution in [-0.4, -0.2) is 0 Å². The summed E-state index contributed by atoms with van der Waals surface area (Å²) in [6, 6.07) is 0. The SMILES string of the molecule is C=C1CCCC(C)=C(C=C(C)C)C1. The van der Waals surface area contributed by atoms with E-state index in [4.69, 9.17) is 0 Å². The van der Waals surface area contributed by atoms with Gasteiger partial charge in [0.15, 0.2) is 0 Å². The first-order chi connectivity index (χ1) is 6.09. The van der Waals surface area contributed by atoms with Crippen molar-refractivity contribution in [3.63, 3.8) is 0 Å². The Labute approximate surface area is 82.0 Å². The van der Waals surface area contributed by atoms with Crippen LogP contribution < -0.4 is 0 Å². The van der Waals surface area contributed by atoms with Gasteiger partial charge in [0.1, 0.15) is 0 Å². The molecule has 0 saturated carbocycles. The van der Waals surface area contributed by atoms with Crippen LogP contribution >= 0.6 is 0 Å². The molecule has 0 atom stereocenters. The summed E-state index contributed by atoms with van der Waals surface area (Å²) in [6.07, 6.45) is 7.14. The second kappa shape index (κ2) is 4.45. The van der Waals surface area contributed by atoms with Crippen molar-refractivity contribution in [2.45, 2.75) is 46.5 Å². The summed E-state index contributed by atoms with van der Waals surface area (Å²) in [5.41, 5.74) is 5.84. The maximum Gasteiger partial charge on any atom is -0.00704 e. The van der Waals surface area contributed by atoms with E-state index in [1.54, 1.807) is 5.57 Å². The van der Waals surface area contributed by atoms with Crippen molar-refractivity contribution in [3.8, 4) is 0 Å². The lowest BCUT2D eigenvalue weighted by molar-refractivity contribution is 0.818. The monoisotopic (exact) mass is 176 g/mol. The molecule has 0 N–H and O–H groups in total. The third-order valence-corrected chi connectivity index (χ3v) is 2.53. The van der Waals surface area contributed by atoms with Crippen LogP contribution in [0.3, 0.4) is 0 Å². The molecule has 0 saturated heterocycles. The number of allylic oxidation sites excluding steroid dienone is 5. The van der Waals surface area contributed by atoms with Crippen LogP contribution in [0.4, 0.5) is 0 Å². The molecule has 72 valence electrons. The molecule has 0 heteroatoms. The fourth-order valence-corrected chi connectivity index (χ4v) is 1.80. The van der Waals surface area contributed by atoms with E-state index in [1.165, 1.54) is 36.0 Å². The van der Waals surface area contributed by atoms with Gasteiger partial charge in [-0.3, -0.25) is 0 Å². The minimum Gasteiger partial charge on any atom is -0.0995 e. The van der Waals surface area contributed by atoms with Crippen molar-refractivity contribution >= 4 is 0 Å². The third-order valence-electron chi connectivity index (χ3n) is 2.53. The number of rotatable bonds is 1. The van der Waals surface area contributed by atoms with E-state index in [2.05, 4.69) is 33.4 Å². The lowest BCUT2D eigenvalue weighted by Crippen LogP contribution is -1.85. The van der Waals surface area contributed by atoms with E-state index >= 15 is 0 Å². The van der Waals surface area contributed by atoms with Gasteiger partial charge in [-0.05, 0) is 52.0 Å². The third kappa shape index (κ3) is 3.22. The molecule has 0 nitrogen and oxygen atoms in total. The Morgan fingerprint density at radius 3 is 2.62 bits per heavy atom. The number of hydrogen-bond donors (Lipinski definition) is 0. The van der Waals surface area contributed by atoms with Crippen molar-refractivity contribution < 1.29 is 0 Å². The highest BCUT2D eigenvalue weighted by Gasteiger charge is 2.07. The second-order valence-electron chi connectivity index (χ2n) is 4.31. The molecule has 0 heterocycles. The van der Waals surface area contributed by atoms with Gasteiger partial charge in [0, 0.05) is 0 Å². The Bertz CT molecular complexity index is 260. The predicted octanol–water partition coefficient (Wildman–Crippen LogP) is 4.40. The van der Waals surface area contributed by atoms with E-state index in [1.807, 2.05) is 0 Å². The summed E-state index contributed by atoms with van der Waals surface area (Å²) >= 11 is 0. The Hall–Kier alpha value is -0.780. The zero-order valence-corrected chi connectivity index (χ0v) is 9.11. The molecule has 1 rings (SSSR count). The molecule has 0 aromatic rings. The molecule has 0 radical (unpaired) electrons. The lowest BCUT2D eigenvalue weighted by atomic mass is 10.0. The molecule has 0 unspecified atom stereocenters. The van der Waals surface area contributed by atoms with E-state index in [9.17, 15) is 0 Å². The van der Waals surface area contributed by atoms with Crippen LogP contribution in [0.15, 0.2) is 34.9 Å². The maximum atomic E-state index is 4.10. The van der Waals surface area contributed by atoms with Crippen LogP contribution in [0.2, 0.25) is 0 Å². The molecule has 0 aromatic heterocycles. The standard InChI is InChI=1S/C13H20/c1-10(2)8-13-9-11(3)6-5-7-12(13)4/h8H,3,5-7,9H2,1-2,4H3. The van der Waals surface area contributed by atoms with Crippen LogP contribution in [0, 0.1) is 0 Å². The first-order valence-corrected chi connectivity index (χ1v) is 5.10. The van der Waals surface area contributed by atoms with Gasteiger partial charge < -0.3 is 0 Å². The van der Waals surface area contributed by atoms with Crippen LogP contribution in [-0.2, 0) is 0 Å². The van der Waals surface area contributed by atoms with Gasteiger partial charge >= 0.3 is 0 Å². The molecule has 0 aliphatic heterocycles. The number of hydrogen-bond acceptors (Lipinski definition) is 0. The maximum absolute atomic E-state index is 4.10. The van der Waals surface area contributed by atoms with Crippen molar-refractivity contribution in [2.24, 2.45) is 0 Å². The van der Waals surface area contributed by atoms with E-state index in [-0.39, 0.29) is 0 Å². The van der Waals surface area contributed by atoms with Crippen molar-refractivity contribution in [1.82, 2.24) is 0 Å². The van der Waals surface area contributed by atoms with Crippen LogP contribution in [0.1, 0.15) is 46.5 Å². The Morgan fingerprint density at radius 1 is 1.31 bits per heavy atom. The molecule has 13 heavy (non-hydrogen) atoms. The first kappa shape index (κ1) is 10.3. The largest absolute Gasteiger partial charge is 0.0995 e. The Kier molecular flexibility index (Phi) is 3.53. The topological polar surface area (TPSA) is 0 Å². The normalized spacial score (nSPS) is 18.5. The molecule has 0 fully saturated rings. The fraction of sp³-hybridized carbons (Fsp3) is 0.538. The molecule has 0 amide bonds. The van der Waals surface area contributed by atoms with Crippen molar-refractivity contribution in [1.29, 1.82) is 0 Å². The van der Waals surface area contributed by atoms with Gasteiger partial charge in [-0.15, -0.1) is 0 Å². The first-order valence-electron chi connectivity index (χ1n) is 5.10. The molecular weight excluding hydrogens is 156 g/mol. The molecule has 0 aromatic carbocycles. The van der Waals surface area contributed by atoms with Gasteiger partial charge in [-0.1, -0.05) is 29.4 Å². The molecule has 1 aliphatic rings. The lowest BCUT2D eigenvalue weighted by Gasteiger charge is -2.05. The van der Waals surface area contributed by atoms with E-state index in [0.29, 0.717) is 0 Å². The average molecular weight is 176 g/mol. The average Bonchev–Trinajstić information content (AvgIpc) is 2.14. The van der Waals surface area contributed by atoms with Crippen molar-refractivity contribution in [3.05, 3.63) is 34.9 Å². The van der Waals surface area contributed by atoms with E-state index in [0.717, 1.165) is 6.42 Å². The quantitative estimate of drug-likeness (QED) is 0.519.